The van der Waals surface area contributed by atoms with Gasteiger partial charge in [0.05, 0.1) is 10.9 Å². The van der Waals surface area contributed by atoms with Crippen LogP contribution in [0.5, 0.6) is 0 Å². The Labute approximate surface area is 194 Å². The summed E-state index contributed by atoms with van der Waals surface area (Å²) in [4.78, 5) is 16.1. The zero-order valence-electron chi connectivity index (χ0n) is 18.4. The van der Waals surface area contributed by atoms with Crippen molar-refractivity contribution in [2.24, 2.45) is 0 Å². The average molecular weight is 462 g/mol. The van der Waals surface area contributed by atoms with Crippen LogP contribution in [0.3, 0.4) is 0 Å². The summed E-state index contributed by atoms with van der Waals surface area (Å²) in [6.07, 6.45) is 2.64. The molecule has 0 saturated carbocycles. The van der Waals surface area contributed by atoms with Gasteiger partial charge in [0.15, 0.2) is 0 Å². The molecule has 0 radical (unpaired) electrons. The fourth-order valence-corrected chi connectivity index (χ4v) is 5.04. The summed E-state index contributed by atoms with van der Waals surface area (Å²) < 4.78 is 28.6. The van der Waals surface area contributed by atoms with E-state index in [1.165, 1.54) is 0 Å². The maximum absolute atomic E-state index is 13.0. The predicted molar refractivity (Wildman–Crippen MR) is 130 cm³/mol. The van der Waals surface area contributed by atoms with Gasteiger partial charge in [-0.3, -0.25) is 4.79 Å². The van der Waals surface area contributed by atoms with E-state index in [1.54, 1.807) is 24.3 Å². The fraction of sp³-hybridized carbons (Fsp3) is 0.192. The second-order valence-corrected chi connectivity index (χ2v) is 9.78. The van der Waals surface area contributed by atoms with Gasteiger partial charge in [-0.2, -0.15) is 0 Å². The van der Waals surface area contributed by atoms with Gasteiger partial charge >= 0.3 is 0 Å². The van der Waals surface area contributed by atoms with Crippen molar-refractivity contribution in [1.82, 2.24) is 15.0 Å². The molecule has 1 heterocycles. The number of fused-ring (bicyclic) bond motifs is 1. The highest BCUT2D eigenvalue weighted by atomic mass is 32.2. The molecular formula is C26H27N3O3S. The standard InChI is InChI=1S/C26H27N3O3S/c1-19-11-13-22(14-12-19)33(31,32)29-25(20-7-3-2-4-8-20)17-26(30)27-16-15-21-18-28-24-10-6-5-9-23(21)24/h2-14,18,25,28-29H,15-17H2,1H3,(H,27,30)/t25-/m0/s1. The maximum Gasteiger partial charge on any atom is 0.241 e. The van der Waals surface area contributed by atoms with Crippen LogP contribution in [0.2, 0.25) is 0 Å². The second-order valence-electron chi connectivity index (χ2n) is 8.06. The van der Waals surface area contributed by atoms with Crippen molar-refractivity contribution in [3.8, 4) is 0 Å². The molecule has 0 aliphatic carbocycles. The summed E-state index contributed by atoms with van der Waals surface area (Å²) in [5.74, 6) is -0.213. The Bertz CT molecular complexity index is 1330. The van der Waals surface area contributed by atoms with E-state index in [4.69, 9.17) is 0 Å². The number of hydrogen-bond donors (Lipinski definition) is 3. The van der Waals surface area contributed by atoms with E-state index >= 15 is 0 Å². The second kappa shape index (κ2) is 10.0. The first kappa shape index (κ1) is 22.8. The number of nitrogens with one attached hydrogen (secondary N) is 3. The Morgan fingerprint density at radius 3 is 2.39 bits per heavy atom. The van der Waals surface area contributed by atoms with Gasteiger partial charge in [-0.1, -0.05) is 66.2 Å². The number of carbonyl (C=O) groups excluding carboxylic acids is 1. The molecular weight excluding hydrogens is 434 g/mol. The van der Waals surface area contributed by atoms with E-state index in [9.17, 15) is 13.2 Å². The fourth-order valence-electron chi connectivity index (χ4n) is 3.82. The van der Waals surface area contributed by atoms with Gasteiger partial charge in [0.1, 0.15) is 0 Å². The zero-order chi connectivity index (χ0) is 23.3. The molecule has 4 aromatic rings. The lowest BCUT2D eigenvalue weighted by molar-refractivity contribution is -0.121. The third kappa shape index (κ3) is 5.69. The van der Waals surface area contributed by atoms with Crippen LogP contribution in [0.15, 0.2) is 90.0 Å². The SMILES string of the molecule is Cc1ccc(S(=O)(=O)N[C@@H](CC(=O)NCCc2c[nH]c3ccccc23)c2ccccc2)cc1. The molecule has 7 heteroatoms. The largest absolute Gasteiger partial charge is 0.361 e. The van der Waals surface area contributed by atoms with E-state index in [0.29, 0.717) is 13.0 Å². The molecule has 3 N–H and O–H groups in total. The minimum Gasteiger partial charge on any atom is -0.361 e. The Balaban J connectivity index is 1.43. The lowest BCUT2D eigenvalue weighted by atomic mass is 10.0. The van der Waals surface area contributed by atoms with Crippen molar-refractivity contribution in [3.05, 3.63) is 102 Å². The molecule has 0 fully saturated rings. The number of aromatic amines is 1. The van der Waals surface area contributed by atoms with Crippen molar-refractivity contribution in [3.63, 3.8) is 0 Å². The molecule has 1 atom stereocenters. The topological polar surface area (TPSA) is 91.1 Å². The molecule has 0 saturated heterocycles. The van der Waals surface area contributed by atoms with Crippen molar-refractivity contribution in [2.45, 2.75) is 30.7 Å². The first-order valence-corrected chi connectivity index (χ1v) is 12.4. The molecule has 1 amide bonds. The molecule has 4 rings (SSSR count). The highest BCUT2D eigenvalue weighted by Gasteiger charge is 2.23. The highest BCUT2D eigenvalue weighted by Crippen LogP contribution is 2.21. The number of amides is 1. The number of benzene rings is 3. The van der Waals surface area contributed by atoms with E-state index in [-0.39, 0.29) is 17.2 Å². The summed E-state index contributed by atoms with van der Waals surface area (Å²) in [7, 11) is -3.78. The van der Waals surface area contributed by atoms with Crippen LogP contribution in [-0.4, -0.2) is 25.9 Å². The van der Waals surface area contributed by atoms with Crippen LogP contribution in [0.4, 0.5) is 0 Å². The number of para-hydroxylation sites is 1. The van der Waals surface area contributed by atoms with E-state index in [2.05, 4.69) is 15.0 Å². The third-order valence-corrected chi connectivity index (χ3v) is 7.10. The Morgan fingerprint density at radius 2 is 1.64 bits per heavy atom. The molecule has 0 aliphatic rings. The van der Waals surface area contributed by atoms with Gasteiger partial charge in [0.25, 0.3) is 0 Å². The molecule has 0 bridgehead atoms. The summed E-state index contributed by atoms with van der Waals surface area (Å²) in [6, 6.07) is 23.2. The van der Waals surface area contributed by atoms with Crippen molar-refractivity contribution in [2.75, 3.05) is 6.54 Å². The van der Waals surface area contributed by atoms with Crippen LogP contribution >= 0.6 is 0 Å². The van der Waals surface area contributed by atoms with Crippen LogP contribution < -0.4 is 10.0 Å². The number of hydrogen-bond acceptors (Lipinski definition) is 3. The van der Waals surface area contributed by atoms with Crippen LogP contribution in [0, 0.1) is 6.92 Å². The first-order chi connectivity index (χ1) is 15.9. The van der Waals surface area contributed by atoms with E-state index in [1.807, 2.05) is 67.7 Å². The van der Waals surface area contributed by atoms with Gasteiger partial charge in [-0.25, -0.2) is 13.1 Å². The number of aryl methyl sites for hydroxylation is 1. The zero-order valence-corrected chi connectivity index (χ0v) is 19.2. The predicted octanol–water partition coefficient (Wildman–Crippen LogP) is 4.24. The van der Waals surface area contributed by atoms with Crippen molar-refractivity contribution >= 4 is 26.8 Å². The van der Waals surface area contributed by atoms with Gasteiger partial charge in [-0.15, -0.1) is 0 Å². The van der Waals surface area contributed by atoms with Crippen LogP contribution in [-0.2, 0) is 21.2 Å². The normalized spacial score (nSPS) is 12.5. The number of H-pyrrole nitrogens is 1. The number of carbonyl (C=O) groups is 1. The smallest absolute Gasteiger partial charge is 0.241 e. The molecule has 170 valence electrons. The molecule has 33 heavy (non-hydrogen) atoms. The van der Waals surface area contributed by atoms with Gasteiger partial charge < -0.3 is 10.3 Å². The van der Waals surface area contributed by atoms with E-state index < -0.39 is 16.1 Å². The monoisotopic (exact) mass is 461 g/mol. The number of aromatic nitrogens is 1. The number of rotatable bonds is 9. The van der Waals surface area contributed by atoms with Gasteiger partial charge in [0.2, 0.25) is 15.9 Å². The Kier molecular flexibility index (Phi) is 6.91. The van der Waals surface area contributed by atoms with Gasteiger partial charge in [0, 0.05) is 30.1 Å². The molecule has 0 aliphatic heterocycles. The average Bonchev–Trinajstić information content (AvgIpc) is 3.22. The van der Waals surface area contributed by atoms with Gasteiger partial charge in [-0.05, 0) is 42.7 Å². The summed E-state index contributed by atoms with van der Waals surface area (Å²) in [6.45, 7) is 2.37. The maximum atomic E-state index is 13.0. The molecule has 0 unspecified atom stereocenters. The minimum atomic E-state index is -3.78. The van der Waals surface area contributed by atoms with Crippen LogP contribution in [0.1, 0.15) is 29.2 Å². The van der Waals surface area contributed by atoms with E-state index in [0.717, 1.165) is 27.6 Å². The Morgan fingerprint density at radius 1 is 0.939 bits per heavy atom. The minimum absolute atomic E-state index is 0.00297. The summed E-state index contributed by atoms with van der Waals surface area (Å²) >= 11 is 0. The summed E-state index contributed by atoms with van der Waals surface area (Å²) in [5, 5.41) is 4.07. The highest BCUT2D eigenvalue weighted by molar-refractivity contribution is 7.89. The van der Waals surface area contributed by atoms with Crippen LogP contribution in [0.25, 0.3) is 10.9 Å². The Hall–Kier alpha value is -3.42. The lowest BCUT2D eigenvalue weighted by Crippen LogP contribution is -2.34. The molecule has 3 aromatic carbocycles. The summed E-state index contributed by atoms with van der Waals surface area (Å²) in [5.41, 5.74) is 3.90. The van der Waals surface area contributed by atoms with Crippen molar-refractivity contribution < 1.29 is 13.2 Å². The molecule has 1 aromatic heterocycles. The third-order valence-electron chi connectivity index (χ3n) is 5.61. The number of sulfonamides is 1. The molecule has 0 spiro atoms. The van der Waals surface area contributed by atoms with Crippen molar-refractivity contribution in [1.29, 1.82) is 0 Å². The lowest BCUT2D eigenvalue weighted by Gasteiger charge is -2.19. The molecule has 6 nitrogen and oxygen atoms in total. The first-order valence-electron chi connectivity index (χ1n) is 10.9. The quantitative estimate of drug-likeness (QED) is 0.348.